The third-order valence-corrected chi connectivity index (χ3v) is 7.81. The molecule has 0 aliphatic carbocycles. The first-order valence-corrected chi connectivity index (χ1v) is 13.4. The third-order valence-electron chi connectivity index (χ3n) is 6.25. The number of rotatable bonds is 3. The van der Waals surface area contributed by atoms with Crippen molar-refractivity contribution in [1.82, 2.24) is 5.01 Å². The zero-order valence-electron chi connectivity index (χ0n) is 18.9. The lowest BCUT2D eigenvalue weighted by Crippen LogP contribution is -2.26. The van der Waals surface area contributed by atoms with Crippen molar-refractivity contribution in [2.45, 2.75) is 12.5 Å². The summed E-state index contributed by atoms with van der Waals surface area (Å²) in [6, 6.07) is 30.4. The molecule has 1 atom stereocenters. The second kappa shape index (κ2) is 9.69. The van der Waals surface area contributed by atoms with Gasteiger partial charge in [-0.25, -0.2) is 5.01 Å². The van der Waals surface area contributed by atoms with Gasteiger partial charge in [-0.3, -0.25) is 4.79 Å². The Hall–Kier alpha value is -3.19. The van der Waals surface area contributed by atoms with Crippen LogP contribution in [0.4, 0.5) is 4.79 Å². The maximum Gasteiger partial charge on any atom is 0.311 e. The number of hydrogen-bond donors (Lipinski definition) is 0. The van der Waals surface area contributed by atoms with Gasteiger partial charge in [0.2, 0.25) is 0 Å². The second-order valence-corrected chi connectivity index (χ2v) is 10.9. The predicted molar refractivity (Wildman–Crippen MR) is 154 cm³/mol. The van der Waals surface area contributed by atoms with Crippen molar-refractivity contribution in [3.8, 4) is 0 Å². The molecule has 0 spiro atoms. The summed E-state index contributed by atoms with van der Waals surface area (Å²) in [6.07, 6.45) is 2.67. The number of hydrazone groups is 1. The number of amides is 1. The minimum Gasteiger partial charge on any atom is -0.259 e. The lowest BCUT2D eigenvalue weighted by molar-refractivity contribution is 0.267. The van der Waals surface area contributed by atoms with Crippen molar-refractivity contribution in [1.29, 1.82) is 0 Å². The highest BCUT2D eigenvalue weighted by molar-refractivity contribution is 9.10. The van der Waals surface area contributed by atoms with Crippen molar-refractivity contribution < 1.29 is 4.79 Å². The number of amidine groups is 1. The van der Waals surface area contributed by atoms with Crippen LogP contribution in [0.3, 0.4) is 0 Å². The van der Waals surface area contributed by atoms with Gasteiger partial charge in [0.25, 0.3) is 0 Å². The Balaban J connectivity index is 1.43. The lowest BCUT2D eigenvalue weighted by atomic mass is 9.97. The van der Waals surface area contributed by atoms with Gasteiger partial charge in [0.05, 0.1) is 16.7 Å². The van der Waals surface area contributed by atoms with Crippen LogP contribution >= 0.6 is 39.3 Å². The minimum atomic E-state index is -0.238. The Bertz CT molecular complexity index is 1580. The van der Waals surface area contributed by atoms with Crippen LogP contribution in [0.15, 0.2) is 110 Å². The molecule has 2 heterocycles. The zero-order valence-corrected chi connectivity index (χ0v) is 22.1. The van der Waals surface area contributed by atoms with E-state index in [1.165, 1.54) is 10.8 Å². The van der Waals surface area contributed by atoms with Crippen LogP contribution in [0, 0.1) is 0 Å². The van der Waals surface area contributed by atoms with Crippen molar-refractivity contribution in [3.63, 3.8) is 0 Å². The van der Waals surface area contributed by atoms with E-state index in [-0.39, 0.29) is 11.3 Å². The Morgan fingerprint density at radius 1 is 0.944 bits per heavy atom. The number of carbonyl (C=O) groups excluding carboxylic acids is 1. The summed E-state index contributed by atoms with van der Waals surface area (Å²) in [5.41, 5.74) is 4.07. The summed E-state index contributed by atoms with van der Waals surface area (Å²) in [5, 5.41) is 9.73. The summed E-state index contributed by atoms with van der Waals surface area (Å²) >= 11 is 10.8. The van der Waals surface area contributed by atoms with E-state index in [2.05, 4.69) is 51.3 Å². The van der Waals surface area contributed by atoms with E-state index in [0.717, 1.165) is 43.5 Å². The first-order valence-electron chi connectivity index (χ1n) is 11.4. The van der Waals surface area contributed by atoms with E-state index < -0.39 is 0 Å². The van der Waals surface area contributed by atoms with E-state index in [0.29, 0.717) is 17.3 Å². The third kappa shape index (κ3) is 4.64. The van der Waals surface area contributed by atoms with Crippen LogP contribution in [-0.2, 0) is 0 Å². The fourth-order valence-corrected chi connectivity index (χ4v) is 5.60. The highest BCUT2D eigenvalue weighted by Gasteiger charge is 2.36. The Morgan fingerprint density at radius 3 is 2.47 bits per heavy atom. The molecule has 7 heteroatoms. The average molecular weight is 573 g/mol. The van der Waals surface area contributed by atoms with E-state index in [9.17, 15) is 4.79 Å². The van der Waals surface area contributed by atoms with Gasteiger partial charge < -0.3 is 0 Å². The van der Waals surface area contributed by atoms with Crippen LogP contribution in [0.5, 0.6) is 0 Å². The molecule has 0 bridgehead atoms. The number of hydrogen-bond acceptors (Lipinski definition) is 4. The minimum absolute atomic E-state index is 0.109. The van der Waals surface area contributed by atoms with Crippen LogP contribution in [0.1, 0.15) is 29.2 Å². The van der Waals surface area contributed by atoms with Gasteiger partial charge in [0, 0.05) is 15.9 Å². The number of benzene rings is 4. The lowest BCUT2D eigenvalue weighted by Gasteiger charge is -2.24. The molecule has 1 amide bonds. The average Bonchev–Trinajstić information content (AvgIpc) is 3.49. The molecule has 0 saturated carbocycles. The maximum atomic E-state index is 12.5. The Labute approximate surface area is 226 Å². The summed E-state index contributed by atoms with van der Waals surface area (Å²) in [6.45, 7) is 0. The standard InChI is InChI=1S/C29H19BrClN3OS/c30-23-11-5-18(6-12-23)15-27-28(32-29(35)36-27)34-26(20-9-13-24(31)14-10-20)17-25(33-34)22-8-7-19-3-1-2-4-21(19)16-22/h1-16,26H,17H2/b27-15-. The molecule has 36 heavy (non-hydrogen) atoms. The number of halogens is 2. The van der Waals surface area contributed by atoms with Gasteiger partial charge in [0.1, 0.15) is 0 Å². The highest BCUT2D eigenvalue weighted by atomic mass is 79.9. The molecule has 4 nitrogen and oxygen atoms in total. The fourth-order valence-electron chi connectivity index (χ4n) is 4.47. The van der Waals surface area contributed by atoms with Crippen LogP contribution in [0.25, 0.3) is 16.8 Å². The van der Waals surface area contributed by atoms with Crippen LogP contribution < -0.4 is 0 Å². The molecule has 0 radical (unpaired) electrons. The van der Waals surface area contributed by atoms with Crippen molar-refractivity contribution >= 4 is 72.9 Å². The van der Waals surface area contributed by atoms with E-state index in [4.69, 9.17) is 16.7 Å². The molecule has 6 rings (SSSR count). The molecule has 4 aromatic rings. The molecule has 1 unspecified atom stereocenters. The maximum absolute atomic E-state index is 12.5. The molecule has 176 valence electrons. The highest BCUT2D eigenvalue weighted by Crippen LogP contribution is 2.40. The fraction of sp³-hybridized carbons (Fsp3) is 0.0690. The van der Waals surface area contributed by atoms with Crippen molar-refractivity contribution in [2.24, 2.45) is 10.1 Å². The van der Waals surface area contributed by atoms with Crippen molar-refractivity contribution in [3.05, 3.63) is 122 Å². The number of carbonyl (C=O) groups is 1. The van der Waals surface area contributed by atoms with Crippen molar-refractivity contribution in [2.75, 3.05) is 0 Å². The van der Waals surface area contributed by atoms with Gasteiger partial charge in [0.15, 0.2) is 5.84 Å². The molecular formula is C29H19BrClN3OS. The molecule has 0 N–H and O–H groups in total. The Morgan fingerprint density at radius 2 is 1.69 bits per heavy atom. The molecule has 0 saturated heterocycles. The van der Waals surface area contributed by atoms with Crippen LogP contribution in [0.2, 0.25) is 5.02 Å². The monoisotopic (exact) mass is 571 g/mol. The number of aliphatic imine (C=N–C) groups is 1. The molecule has 4 aromatic carbocycles. The topological polar surface area (TPSA) is 45.0 Å². The number of nitrogens with zero attached hydrogens (tertiary/aromatic N) is 3. The smallest absolute Gasteiger partial charge is 0.259 e. The van der Waals surface area contributed by atoms with Gasteiger partial charge in [-0.1, -0.05) is 88.2 Å². The van der Waals surface area contributed by atoms with Gasteiger partial charge >= 0.3 is 5.24 Å². The Kier molecular flexibility index (Phi) is 6.25. The summed E-state index contributed by atoms with van der Waals surface area (Å²) in [7, 11) is 0. The largest absolute Gasteiger partial charge is 0.311 e. The SMILES string of the molecule is O=C1N=C(N2N=C(c3ccc4ccccc4c3)CC2c2ccc(Cl)cc2)/C(=C/c2ccc(Br)cc2)S1. The van der Waals surface area contributed by atoms with Crippen LogP contribution in [-0.4, -0.2) is 21.8 Å². The van der Waals surface area contributed by atoms with Gasteiger partial charge in [-0.2, -0.15) is 10.1 Å². The van der Waals surface area contributed by atoms with Gasteiger partial charge in [-0.15, -0.1) is 0 Å². The first kappa shape index (κ1) is 23.2. The first-order chi connectivity index (χ1) is 17.5. The summed E-state index contributed by atoms with van der Waals surface area (Å²) in [5.74, 6) is 0.573. The number of fused-ring (bicyclic) bond motifs is 1. The molecular weight excluding hydrogens is 554 g/mol. The number of thioether (sulfide) groups is 1. The van der Waals surface area contributed by atoms with E-state index >= 15 is 0 Å². The molecule has 2 aliphatic heterocycles. The second-order valence-electron chi connectivity index (χ2n) is 8.59. The quantitative estimate of drug-likeness (QED) is 0.247. The molecule has 0 fully saturated rings. The normalized spacial score (nSPS) is 18.7. The van der Waals surface area contributed by atoms with Gasteiger partial charge in [-0.05, 0) is 75.6 Å². The summed E-state index contributed by atoms with van der Waals surface area (Å²) in [4.78, 5) is 17.7. The predicted octanol–water partition coefficient (Wildman–Crippen LogP) is 8.71. The summed E-state index contributed by atoms with van der Waals surface area (Å²) < 4.78 is 1.00. The molecule has 0 aromatic heterocycles. The zero-order chi connectivity index (χ0) is 24.6. The van der Waals surface area contributed by atoms with E-state index in [1.54, 1.807) is 0 Å². The molecule has 2 aliphatic rings. The van der Waals surface area contributed by atoms with E-state index in [1.807, 2.05) is 71.7 Å².